The Hall–Kier alpha value is -2.17. The van der Waals surface area contributed by atoms with E-state index in [4.69, 9.17) is 11.6 Å². The number of carbonyl (C=O) groups excluding carboxylic acids is 1. The molecule has 1 amide bonds. The van der Waals surface area contributed by atoms with E-state index in [1.54, 1.807) is 0 Å². The Morgan fingerprint density at radius 2 is 2.04 bits per heavy atom. The predicted molar refractivity (Wildman–Crippen MR) is 99.3 cm³/mol. The highest BCUT2D eigenvalue weighted by Gasteiger charge is 2.09. The average molecular weight is 357 g/mol. The van der Waals surface area contributed by atoms with Crippen molar-refractivity contribution in [2.75, 3.05) is 0 Å². The number of amides is 1. The number of hydrogen-bond acceptors (Lipinski definition) is 3. The number of aryl methyl sites for hydroxylation is 1. The second-order valence-corrected chi connectivity index (χ2v) is 6.83. The van der Waals surface area contributed by atoms with Crippen LogP contribution in [0.25, 0.3) is 10.6 Å². The standard InChI is InChI=1S/C19H17ClN2OS/c1-13-5-2-3-6-15(13)11-21-18(23)10-17-12-24-19(22-17)14-7-4-8-16(20)9-14/h2-9,12H,10-11H2,1H3,(H,21,23). The van der Waals surface area contributed by atoms with Crippen molar-refractivity contribution in [3.8, 4) is 10.6 Å². The van der Waals surface area contributed by atoms with Crippen molar-refractivity contribution in [2.45, 2.75) is 19.9 Å². The van der Waals surface area contributed by atoms with Gasteiger partial charge in [0, 0.05) is 22.5 Å². The second kappa shape index (κ2) is 7.60. The summed E-state index contributed by atoms with van der Waals surface area (Å²) in [5.74, 6) is -0.0267. The molecule has 0 fully saturated rings. The molecule has 1 aromatic heterocycles. The minimum absolute atomic E-state index is 0.0267. The van der Waals surface area contributed by atoms with Gasteiger partial charge in [0.2, 0.25) is 5.91 Å². The van der Waals surface area contributed by atoms with Crippen molar-refractivity contribution in [1.82, 2.24) is 10.3 Å². The highest BCUT2D eigenvalue weighted by molar-refractivity contribution is 7.13. The van der Waals surface area contributed by atoms with Crippen molar-refractivity contribution < 1.29 is 4.79 Å². The molecule has 0 bridgehead atoms. The smallest absolute Gasteiger partial charge is 0.226 e. The van der Waals surface area contributed by atoms with Gasteiger partial charge in [0.15, 0.2) is 0 Å². The second-order valence-electron chi connectivity index (χ2n) is 5.53. The third-order valence-electron chi connectivity index (χ3n) is 3.70. The van der Waals surface area contributed by atoms with Gasteiger partial charge in [0.05, 0.1) is 12.1 Å². The Labute approximate surface area is 150 Å². The van der Waals surface area contributed by atoms with E-state index in [-0.39, 0.29) is 12.3 Å². The van der Waals surface area contributed by atoms with Crippen LogP contribution in [0.15, 0.2) is 53.9 Å². The molecule has 0 aliphatic rings. The molecule has 0 saturated carbocycles. The van der Waals surface area contributed by atoms with Crippen LogP contribution in [0.1, 0.15) is 16.8 Å². The van der Waals surface area contributed by atoms with Crippen LogP contribution in [-0.4, -0.2) is 10.9 Å². The molecule has 0 unspecified atom stereocenters. The molecule has 1 N–H and O–H groups in total. The van der Waals surface area contributed by atoms with E-state index in [2.05, 4.69) is 10.3 Å². The zero-order valence-corrected chi connectivity index (χ0v) is 14.8. The Kier molecular flexibility index (Phi) is 5.28. The van der Waals surface area contributed by atoms with Gasteiger partial charge in [-0.3, -0.25) is 4.79 Å². The van der Waals surface area contributed by atoms with E-state index < -0.39 is 0 Å². The maximum atomic E-state index is 12.1. The SMILES string of the molecule is Cc1ccccc1CNC(=O)Cc1csc(-c2cccc(Cl)c2)n1. The molecule has 3 aromatic rings. The zero-order chi connectivity index (χ0) is 16.9. The van der Waals surface area contributed by atoms with E-state index >= 15 is 0 Å². The van der Waals surface area contributed by atoms with E-state index in [0.717, 1.165) is 21.8 Å². The first kappa shape index (κ1) is 16.7. The van der Waals surface area contributed by atoms with E-state index in [1.165, 1.54) is 16.9 Å². The van der Waals surface area contributed by atoms with E-state index in [1.807, 2.05) is 60.8 Å². The lowest BCUT2D eigenvalue weighted by Gasteiger charge is -2.07. The number of benzene rings is 2. The van der Waals surface area contributed by atoms with Crippen molar-refractivity contribution >= 4 is 28.8 Å². The number of nitrogens with one attached hydrogen (secondary N) is 1. The number of nitrogens with zero attached hydrogens (tertiary/aromatic N) is 1. The Balaban J connectivity index is 1.60. The molecular weight excluding hydrogens is 340 g/mol. The molecule has 0 aliphatic heterocycles. The highest BCUT2D eigenvalue weighted by atomic mass is 35.5. The van der Waals surface area contributed by atoms with Crippen LogP contribution in [0.4, 0.5) is 0 Å². The van der Waals surface area contributed by atoms with E-state index in [0.29, 0.717) is 11.6 Å². The van der Waals surface area contributed by atoms with Crippen LogP contribution in [0.5, 0.6) is 0 Å². The average Bonchev–Trinajstić information content (AvgIpc) is 3.02. The van der Waals surface area contributed by atoms with Gasteiger partial charge in [-0.2, -0.15) is 0 Å². The Morgan fingerprint density at radius 1 is 1.21 bits per heavy atom. The lowest BCUT2D eigenvalue weighted by Crippen LogP contribution is -2.25. The molecule has 5 heteroatoms. The van der Waals surface area contributed by atoms with Crippen LogP contribution >= 0.6 is 22.9 Å². The highest BCUT2D eigenvalue weighted by Crippen LogP contribution is 2.26. The molecule has 3 rings (SSSR count). The van der Waals surface area contributed by atoms with Crippen LogP contribution in [0.2, 0.25) is 5.02 Å². The minimum atomic E-state index is -0.0267. The summed E-state index contributed by atoms with van der Waals surface area (Å²) in [5, 5.41) is 6.43. The first-order chi connectivity index (χ1) is 11.6. The molecule has 0 radical (unpaired) electrons. The molecule has 24 heavy (non-hydrogen) atoms. The predicted octanol–water partition coefficient (Wildman–Crippen LogP) is 4.63. The fourth-order valence-corrected chi connectivity index (χ4v) is 3.38. The van der Waals surface area contributed by atoms with Gasteiger partial charge < -0.3 is 5.32 Å². The topological polar surface area (TPSA) is 42.0 Å². The van der Waals surface area contributed by atoms with Crippen LogP contribution in [0, 0.1) is 6.92 Å². The number of hydrogen-bond donors (Lipinski definition) is 1. The normalized spacial score (nSPS) is 10.6. The number of carbonyl (C=O) groups is 1. The lowest BCUT2D eigenvalue weighted by molar-refractivity contribution is -0.120. The van der Waals surface area contributed by atoms with Gasteiger partial charge in [0.1, 0.15) is 5.01 Å². The Morgan fingerprint density at radius 3 is 2.83 bits per heavy atom. The van der Waals surface area contributed by atoms with Gasteiger partial charge in [-0.25, -0.2) is 4.98 Å². The summed E-state index contributed by atoms with van der Waals surface area (Å²) in [6.45, 7) is 2.58. The molecular formula is C19H17ClN2OS. The maximum absolute atomic E-state index is 12.1. The largest absolute Gasteiger partial charge is 0.352 e. The minimum Gasteiger partial charge on any atom is -0.352 e. The zero-order valence-electron chi connectivity index (χ0n) is 13.3. The molecule has 0 atom stereocenters. The first-order valence-electron chi connectivity index (χ1n) is 7.63. The molecule has 2 aromatic carbocycles. The van der Waals surface area contributed by atoms with Crippen molar-refractivity contribution in [2.24, 2.45) is 0 Å². The molecule has 1 heterocycles. The Bertz CT molecular complexity index is 860. The quantitative estimate of drug-likeness (QED) is 0.724. The lowest BCUT2D eigenvalue weighted by atomic mass is 10.1. The summed E-state index contributed by atoms with van der Waals surface area (Å²) < 4.78 is 0. The molecule has 0 aliphatic carbocycles. The fraction of sp³-hybridized carbons (Fsp3) is 0.158. The van der Waals surface area contributed by atoms with Gasteiger partial charge in [0.25, 0.3) is 0 Å². The maximum Gasteiger partial charge on any atom is 0.226 e. The molecule has 0 saturated heterocycles. The van der Waals surface area contributed by atoms with Crippen molar-refractivity contribution in [1.29, 1.82) is 0 Å². The van der Waals surface area contributed by atoms with Gasteiger partial charge in [-0.05, 0) is 30.2 Å². The van der Waals surface area contributed by atoms with Crippen LogP contribution in [0.3, 0.4) is 0 Å². The summed E-state index contributed by atoms with van der Waals surface area (Å²) >= 11 is 7.53. The third kappa shape index (κ3) is 4.22. The summed E-state index contributed by atoms with van der Waals surface area (Å²) in [5.41, 5.74) is 4.05. The van der Waals surface area contributed by atoms with Gasteiger partial charge in [-0.15, -0.1) is 11.3 Å². The summed E-state index contributed by atoms with van der Waals surface area (Å²) in [6.07, 6.45) is 0.281. The molecule has 0 spiro atoms. The van der Waals surface area contributed by atoms with Crippen LogP contribution < -0.4 is 5.32 Å². The summed E-state index contributed by atoms with van der Waals surface area (Å²) in [7, 11) is 0. The fourth-order valence-electron chi connectivity index (χ4n) is 2.37. The summed E-state index contributed by atoms with van der Waals surface area (Å²) in [6, 6.07) is 15.6. The number of aromatic nitrogens is 1. The first-order valence-corrected chi connectivity index (χ1v) is 8.89. The van der Waals surface area contributed by atoms with Crippen LogP contribution in [-0.2, 0) is 17.8 Å². The van der Waals surface area contributed by atoms with Gasteiger partial charge in [-0.1, -0.05) is 48.0 Å². The monoisotopic (exact) mass is 356 g/mol. The van der Waals surface area contributed by atoms with Crippen molar-refractivity contribution in [3.05, 3.63) is 75.8 Å². The summed E-state index contributed by atoms with van der Waals surface area (Å²) in [4.78, 5) is 16.7. The van der Waals surface area contributed by atoms with E-state index in [9.17, 15) is 4.79 Å². The van der Waals surface area contributed by atoms with Gasteiger partial charge >= 0.3 is 0 Å². The number of thiazole rings is 1. The number of halogens is 1. The third-order valence-corrected chi connectivity index (χ3v) is 4.88. The molecule has 3 nitrogen and oxygen atoms in total. The molecule has 122 valence electrons. The number of rotatable bonds is 5. The van der Waals surface area contributed by atoms with Crippen molar-refractivity contribution in [3.63, 3.8) is 0 Å².